The molecule has 0 radical (unpaired) electrons. The van der Waals surface area contributed by atoms with Crippen LogP contribution in [0.1, 0.15) is 31.4 Å². The van der Waals surface area contributed by atoms with Crippen molar-refractivity contribution in [3.05, 3.63) is 65.2 Å². The Labute approximate surface area is 176 Å². The number of nitrogens with two attached hydrogens (primary N) is 2. The molecule has 0 saturated heterocycles. The Kier molecular flexibility index (Phi) is 6.69. The molecule has 1 atom stereocenters. The molecule has 1 aliphatic carbocycles. The predicted molar refractivity (Wildman–Crippen MR) is 120 cm³/mol. The number of hydrogen-bond acceptors (Lipinski definition) is 7. The number of nitrogens with zero attached hydrogens (tertiary/aromatic N) is 2. The van der Waals surface area contributed by atoms with Gasteiger partial charge in [-0.3, -0.25) is 0 Å². The maximum atomic E-state index is 6.13. The van der Waals surface area contributed by atoms with Crippen molar-refractivity contribution in [1.29, 1.82) is 0 Å². The minimum Gasteiger partial charge on any atom is -0.497 e. The standard InChI is InChI=1S/C22H28N4O2S/c1-4-27-17-12-22(29-3,11-16-14-25-21(24)26-20(16)23)13-18(28-5-2)19(17)15-9-7-6-8-10-15/h6-10,12,14H,4-5,11,13H2,1-3H3,(H4,23,24,25,26). The van der Waals surface area contributed by atoms with Crippen LogP contribution in [0.2, 0.25) is 0 Å². The van der Waals surface area contributed by atoms with Crippen LogP contribution in [-0.2, 0) is 15.9 Å². The molecule has 0 bridgehead atoms. The maximum absolute atomic E-state index is 6.13. The first-order chi connectivity index (χ1) is 14.0. The minimum atomic E-state index is -0.291. The summed E-state index contributed by atoms with van der Waals surface area (Å²) in [6, 6.07) is 10.2. The molecule has 2 aromatic rings. The molecule has 154 valence electrons. The second-order valence-electron chi connectivity index (χ2n) is 6.80. The van der Waals surface area contributed by atoms with Crippen molar-refractivity contribution in [3.8, 4) is 0 Å². The van der Waals surface area contributed by atoms with Crippen molar-refractivity contribution < 1.29 is 9.47 Å². The van der Waals surface area contributed by atoms with E-state index in [0.29, 0.717) is 31.9 Å². The zero-order valence-electron chi connectivity index (χ0n) is 17.1. The van der Waals surface area contributed by atoms with Crippen molar-refractivity contribution in [2.24, 2.45) is 0 Å². The zero-order valence-corrected chi connectivity index (χ0v) is 18.0. The highest BCUT2D eigenvalue weighted by molar-refractivity contribution is 8.00. The van der Waals surface area contributed by atoms with Crippen LogP contribution in [-0.4, -0.2) is 34.2 Å². The van der Waals surface area contributed by atoms with Crippen LogP contribution in [0.3, 0.4) is 0 Å². The number of allylic oxidation sites excluding steroid dienone is 2. The number of ether oxygens (including phenoxy) is 2. The molecule has 4 N–H and O–H groups in total. The summed E-state index contributed by atoms with van der Waals surface area (Å²) in [6.45, 7) is 5.15. The third-order valence-corrected chi connectivity index (χ3v) is 6.09. The smallest absolute Gasteiger partial charge is 0.221 e. The first-order valence-corrected chi connectivity index (χ1v) is 10.9. The van der Waals surface area contributed by atoms with Crippen LogP contribution >= 0.6 is 11.8 Å². The third-order valence-electron chi connectivity index (χ3n) is 4.87. The van der Waals surface area contributed by atoms with E-state index in [4.69, 9.17) is 20.9 Å². The summed E-state index contributed by atoms with van der Waals surface area (Å²) in [5, 5.41) is 0. The fourth-order valence-corrected chi connectivity index (χ4v) is 4.34. The van der Waals surface area contributed by atoms with Crippen LogP contribution in [0.15, 0.2) is 54.1 Å². The molecule has 0 fully saturated rings. The molecule has 0 aliphatic heterocycles. The number of thioether (sulfide) groups is 1. The molecule has 1 aromatic carbocycles. The number of nitrogen functional groups attached to an aromatic ring is 2. The van der Waals surface area contributed by atoms with Gasteiger partial charge in [-0.2, -0.15) is 16.7 Å². The van der Waals surface area contributed by atoms with Crippen LogP contribution in [0, 0.1) is 0 Å². The number of benzene rings is 1. The molecule has 3 rings (SSSR count). The van der Waals surface area contributed by atoms with E-state index in [0.717, 1.165) is 28.2 Å². The van der Waals surface area contributed by atoms with Gasteiger partial charge in [0, 0.05) is 22.9 Å². The predicted octanol–water partition coefficient (Wildman–Crippen LogP) is 4.06. The Morgan fingerprint density at radius 2 is 1.83 bits per heavy atom. The van der Waals surface area contributed by atoms with Gasteiger partial charge in [-0.1, -0.05) is 30.3 Å². The monoisotopic (exact) mass is 412 g/mol. The van der Waals surface area contributed by atoms with E-state index in [1.54, 1.807) is 18.0 Å². The number of hydrogen-bond donors (Lipinski definition) is 2. The molecule has 29 heavy (non-hydrogen) atoms. The normalized spacial score (nSPS) is 19.1. The van der Waals surface area contributed by atoms with E-state index in [2.05, 4.69) is 34.4 Å². The average Bonchev–Trinajstić information content (AvgIpc) is 2.71. The quantitative estimate of drug-likeness (QED) is 0.675. The van der Waals surface area contributed by atoms with Gasteiger partial charge in [0.05, 0.1) is 18.8 Å². The molecule has 7 heteroatoms. The topological polar surface area (TPSA) is 96.3 Å². The van der Waals surface area contributed by atoms with Gasteiger partial charge >= 0.3 is 0 Å². The summed E-state index contributed by atoms with van der Waals surface area (Å²) in [5.74, 6) is 2.35. The Balaban J connectivity index is 2.07. The van der Waals surface area contributed by atoms with Gasteiger partial charge in [0.1, 0.15) is 17.3 Å². The lowest BCUT2D eigenvalue weighted by atomic mass is 9.85. The number of anilines is 2. The van der Waals surface area contributed by atoms with Crippen LogP contribution in [0.5, 0.6) is 0 Å². The van der Waals surface area contributed by atoms with Gasteiger partial charge in [-0.15, -0.1) is 0 Å². The molecule has 1 aromatic heterocycles. The van der Waals surface area contributed by atoms with Crippen LogP contribution in [0.25, 0.3) is 5.57 Å². The first kappa shape index (κ1) is 21.0. The summed E-state index contributed by atoms with van der Waals surface area (Å²) in [6.07, 6.45) is 7.36. The zero-order chi connectivity index (χ0) is 20.9. The molecule has 0 saturated carbocycles. The fourth-order valence-electron chi connectivity index (χ4n) is 3.54. The van der Waals surface area contributed by atoms with Gasteiger partial charge in [-0.25, -0.2) is 4.98 Å². The minimum absolute atomic E-state index is 0.180. The molecule has 1 heterocycles. The van der Waals surface area contributed by atoms with E-state index >= 15 is 0 Å². The Morgan fingerprint density at radius 1 is 1.10 bits per heavy atom. The molecular formula is C22H28N4O2S. The van der Waals surface area contributed by atoms with Crippen molar-refractivity contribution >= 4 is 29.1 Å². The Morgan fingerprint density at radius 3 is 2.45 bits per heavy atom. The number of aromatic nitrogens is 2. The summed E-state index contributed by atoms with van der Waals surface area (Å²) in [7, 11) is 0. The second kappa shape index (κ2) is 9.22. The lowest BCUT2D eigenvalue weighted by molar-refractivity contribution is 0.200. The van der Waals surface area contributed by atoms with Gasteiger partial charge in [0.2, 0.25) is 5.95 Å². The van der Waals surface area contributed by atoms with E-state index in [1.165, 1.54) is 0 Å². The highest BCUT2D eigenvalue weighted by Crippen LogP contribution is 2.46. The molecule has 1 aliphatic rings. The highest BCUT2D eigenvalue weighted by atomic mass is 32.2. The van der Waals surface area contributed by atoms with E-state index in [1.807, 2.05) is 32.0 Å². The van der Waals surface area contributed by atoms with Crippen LogP contribution < -0.4 is 11.5 Å². The highest BCUT2D eigenvalue weighted by Gasteiger charge is 2.37. The van der Waals surface area contributed by atoms with Gasteiger partial charge in [0.25, 0.3) is 0 Å². The van der Waals surface area contributed by atoms with Crippen molar-refractivity contribution in [2.45, 2.75) is 31.4 Å². The molecule has 0 amide bonds. The average molecular weight is 413 g/mol. The van der Waals surface area contributed by atoms with E-state index < -0.39 is 0 Å². The maximum Gasteiger partial charge on any atom is 0.221 e. The first-order valence-electron chi connectivity index (χ1n) is 9.71. The molecule has 0 spiro atoms. The van der Waals surface area contributed by atoms with Gasteiger partial charge < -0.3 is 20.9 Å². The lowest BCUT2D eigenvalue weighted by Crippen LogP contribution is -2.31. The second-order valence-corrected chi connectivity index (χ2v) is 8.02. The van der Waals surface area contributed by atoms with E-state index in [9.17, 15) is 0 Å². The Bertz CT molecular complexity index is 914. The lowest BCUT2D eigenvalue weighted by Gasteiger charge is -2.36. The van der Waals surface area contributed by atoms with Crippen molar-refractivity contribution in [1.82, 2.24) is 9.97 Å². The molecular weight excluding hydrogens is 384 g/mol. The summed E-state index contributed by atoms with van der Waals surface area (Å²) in [4.78, 5) is 8.24. The van der Waals surface area contributed by atoms with Crippen LogP contribution in [0.4, 0.5) is 11.8 Å². The number of rotatable bonds is 8. The van der Waals surface area contributed by atoms with Gasteiger partial charge in [-0.05, 0) is 38.2 Å². The van der Waals surface area contributed by atoms with Gasteiger partial charge in [0.15, 0.2) is 0 Å². The third kappa shape index (κ3) is 4.67. The molecule has 1 unspecified atom stereocenters. The summed E-state index contributed by atoms with van der Waals surface area (Å²) in [5.41, 5.74) is 14.7. The molecule has 6 nitrogen and oxygen atoms in total. The van der Waals surface area contributed by atoms with E-state index in [-0.39, 0.29) is 10.7 Å². The SMILES string of the molecule is CCOC1=CC(Cc2cnc(N)nc2N)(SC)CC(OCC)=C1c1ccccc1. The Hall–Kier alpha value is -2.67. The largest absolute Gasteiger partial charge is 0.497 e. The summed E-state index contributed by atoms with van der Waals surface area (Å²) < 4.78 is 11.9. The van der Waals surface area contributed by atoms with Crippen molar-refractivity contribution in [3.63, 3.8) is 0 Å². The summed E-state index contributed by atoms with van der Waals surface area (Å²) >= 11 is 1.74. The fraction of sp³-hybridized carbons (Fsp3) is 0.364. The van der Waals surface area contributed by atoms with Crippen molar-refractivity contribution in [2.75, 3.05) is 30.9 Å².